The molecule has 0 aromatic carbocycles. The predicted molar refractivity (Wildman–Crippen MR) is 75.7 cm³/mol. The molecular weight excluding hydrogens is 280 g/mol. The molecule has 0 aliphatic carbocycles. The van der Waals surface area contributed by atoms with E-state index in [1.807, 2.05) is 20.8 Å². The van der Waals surface area contributed by atoms with Crippen LogP contribution < -0.4 is 5.69 Å². The lowest BCUT2D eigenvalue weighted by Crippen LogP contribution is -2.24. The standard InChI is InChI=1S/C13H15ClN4O2/c1-13(2,3)9-5-10(15-16-11(9)14)18-8(7-19)6-17(4)12(18)20/h5-7H,1-4H3. The molecule has 0 saturated carbocycles. The second-order valence-corrected chi connectivity index (χ2v) is 5.92. The van der Waals surface area contributed by atoms with Crippen molar-refractivity contribution >= 4 is 17.9 Å². The number of aryl methyl sites for hydroxylation is 1. The number of hydrogen-bond donors (Lipinski definition) is 0. The van der Waals surface area contributed by atoms with Gasteiger partial charge >= 0.3 is 5.69 Å². The number of nitrogens with zero attached hydrogens (tertiary/aromatic N) is 4. The van der Waals surface area contributed by atoms with Gasteiger partial charge in [0.1, 0.15) is 5.69 Å². The molecule has 0 atom stereocenters. The molecule has 0 radical (unpaired) electrons. The summed E-state index contributed by atoms with van der Waals surface area (Å²) in [6.45, 7) is 5.94. The number of hydrogen-bond acceptors (Lipinski definition) is 4. The van der Waals surface area contributed by atoms with Crippen LogP contribution in [0.5, 0.6) is 0 Å². The summed E-state index contributed by atoms with van der Waals surface area (Å²) in [6, 6.07) is 1.68. The van der Waals surface area contributed by atoms with Gasteiger partial charge in [-0.25, -0.2) is 9.36 Å². The molecule has 2 aromatic heterocycles. The van der Waals surface area contributed by atoms with Gasteiger partial charge in [-0.1, -0.05) is 32.4 Å². The van der Waals surface area contributed by atoms with Gasteiger partial charge in [0.25, 0.3) is 0 Å². The van der Waals surface area contributed by atoms with E-state index in [4.69, 9.17) is 11.6 Å². The average molecular weight is 295 g/mol. The summed E-state index contributed by atoms with van der Waals surface area (Å²) in [6.07, 6.45) is 2.05. The molecule has 20 heavy (non-hydrogen) atoms. The number of aldehydes is 1. The molecule has 2 rings (SSSR count). The Morgan fingerprint density at radius 1 is 1.30 bits per heavy atom. The van der Waals surface area contributed by atoms with Crippen LogP contribution in [0.2, 0.25) is 5.15 Å². The van der Waals surface area contributed by atoms with Crippen molar-refractivity contribution < 1.29 is 4.79 Å². The van der Waals surface area contributed by atoms with Crippen LogP contribution in [0.1, 0.15) is 36.8 Å². The summed E-state index contributed by atoms with van der Waals surface area (Å²) in [5.41, 5.74) is 0.371. The van der Waals surface area contributed by atoms with Crippen molar-refractivity contribution in [2.24, 2.45) is 7.05 Å². The summed E-state index contributed by atoms with van der Waals surface area (Å²) >= 11 is 6.05. The van der Waals surface area contributed by atoms with Crippen molar-refractivity contribution in [2.45, 2.75) is 26.2 Å². The van der Waals surface area contributed by atoms with Gasteiger partial charge in [-0.2, -0.15) is 0 Å². The van der Waals surface area contributed by atoms with E-state index >= 15 is 0 Å². The first kappa shape index (κ1) is 14.5. The van der Waals surface area contributed by atoms with Crippen LogP contribution in [-0.4, -0.2) is 25.6 Å². The van der Waals surface area contributed by atoms with Crippen LogP contribution in [-0.2, 0) is 12.5 Å². The van der Waals surface area contributed by atoms with Gasteiger partial charge in [0, 0.05) is 18.8 Å². The van der Waals surface area contributed by atoms with E-state index in [-0.39, 0.29) is 27.8 Å². The lowest BCUT2D eigenvalue weighted by molar-refractivity contribution is 0.111. The summed E-state index contributed by atoms with van der Waals surface area (Å²) in [5, 5.41) is 8.08. The second kappa shape index (κ2) is 4.86. The van der Waals surface area contributed by atoms with Gasteiger partial charge in [-0.05, 0) is 11.5 Å². The zero-order valence-corrected chi connectivity index (χ0v) is 12.5. The maximum absolute atomic E-state index is 12.1. The zero-order chi connectivity index (χ0) is 15.1. The molecule has 0 spiro atoms. The van der Waals surface area contributed by atoms with Crippen LogP contribution in [0.15, 0.2) is 17.1 Å². The molecule has 7 heteroatoms. The first-order valence-electron chi connectivity index (χ1n) is 6.03. The van der Waals surface area contributed by atoms with Gasteiger partial charge in [0.15, 0.2) is 17.3 Å². The molecule has 0 unspecified atom stereocenters. The monoisotopic (exact) mass is 294 g/mol. The molecule has 0 fully saturated rings. The summed E-state index contributed by atoms with van der Waals surface area (Å²) < 4.78 is 2.53. The summed E-state index contributed by atoms with van der Waals surface area (Å²) in [4.78, 5) is 23.1. The quantitative estimate of drug-likeness (QED) is 0.791. The zero-order valence-electron chi connectivity index (χ0n) is 11.7. The first-order valence-corrected chi connectivity index (χ1v) is 6.41. The molecule has 2 aromatic rings. The molecule has 0 amide bonds. The lowest BCUT2D eigenvalue weighted by atomic mass is 9.88. The van der Waals surface area contributed by atoms with E-state index in [0.717, 1.165) is 5.56 Å². The molecular formula is C13H15ClN4O2. The number of imidazole rings is 1. The third kappa shape index (κ3) is 2.38. The highest BCUT2D eigenvalue weighted by Gasteiger charge is 2.21. The molecule has 0 aliphatic rings. The van der Waals surface area contributed by atoms with Crippen LogP contribution >= 0.6 is 11.6 Å². The largest absolute Gasteiger partial charge is 0.334 e. The third-order valence-electron chi connectivity index (χ3n) is 2.97. The average Bonchev–Trinajstić information content (AvgIpc) is 2.65. The summed E-state index contributed by atoms with van der Waals surface area (Å²) in [7, 11) is 1.57. The molecule has 2 heterocycles. The minimum atomic E-state index is -0.358. The Morgan fingerprint density at radius 3 is 2.50 bits per heavy atom. The van der Waals surface area contributed by atoms with Crippen molar-refractivity contribution in [2.75, 3.05) is 0 Å². The van der Waals surface area contributed by atoms with E-state index in [2.05, 4.69) is 10.2 Å². The number of carbonyl (C=O) groups excluding carboxylic acids is 1. The Bertz CT molecular complexity index is 725. The van der Waals surface area contributed by atoms with Crippen LogP contribution in [0.4, 0.5) is 0 Å². The Morgan fingerprint density at radius 2 is 1.95 bits per heavy atom. The maximum atomic E-state index is 12.1. The fraction of sp³-hybridized carbons (Fsp3) is 0.385. The molecule has 0 saturated heterocycles. The van der Waals surface area contributed by atoms with Crippen molar-refractivity contribution in [3.8, 4) is 5.82 Å². The van der Waals surface area contributed by atoms with Crippen LogP contribution in [0.25, 0.3) is 5.82 Å². The number of halogens is 1. The molecule has 0 N–H and O–H groups in total. The highest BCUT2D eigenvalue weighted by molar-refractivity contribution is 6.30. The number of carbonyl (C=O) groups is 1. The van der Waals surface area contributed by atoms with Gasteiger partial charge < -0.3 is 4.57 Å². The van der Waals surface area contributed by atoms with E-state index in [9.17, 15) is 9.59 Å². The molecule has 0 bridgehead atoms. The van der Waals surface area contributed by atoms with Crippen molar-refractivity contribution in [1.82, 2.24) is 19.3 Å². The topological polar surface area (TPSA) is 69.8 Å². The maximum Gasteiger partial charge on any atom is 0.334 e. The fourth-order valence-corrected chi connectivity index (χ4v) is 2.27. The van der Waals surface area contributed by atoms with Gasteiger partial charge in [-0.3, -0.25) is 4.79 Å². The first-order chi connectivity index (χ1) is 9.25. The Hall–Kier alpha value is -1.95. The smallest absolute Gasteiger partial charge is 0.301 e. The van der Waals surface area contributed by atoms with Crippen molar-refractivity contribution in [3.63, 3.8) is 0 Å². The van der Waals surface area contributed by atoms with Gasteiger partial charge in [0.05, 0.1) is 0 Å². The summed E-state index contributed by atoms with van der Waals surface area (Å²) in [5.74, 6) is 0.284. The highest BCUT2D eigenvalue weighted by atomic mass is 35.5. The minimum Gasteiger partial charge on any atom is -0.301 e. The van der Waals surface area contributed by atoms with Crippen molar-refractivity contribution in [1.29, 1.82) is 0 Å². The predicted octanol–water partition coefficient (Wildman–Crippen LogP) is 1.73. The van der Waals surface area contributed by atoms with E-state index < -0.39 is 0 Å². The minimum absolute atomic E-state index is 0.217. The lowest BCUT2D eigenvalue weighted by Gasteiger charge is -2.20. The van der Waals surface area contributed by atoms with Gasteiger partial charge in [0.2, 0.25) is 0 Å². The van der Waals surface area contributed by atoms with Crippen LogP contribution in [0, 0.1) is 0 Å². The van der Waals surface area contributed by atoms with Crippen LogP contribution in [0.3, 0.4) is 0 Å². The van der Waals surface area contributed by atoms with Gasteiger partial charge in [-0.15, -0.1) is 10.2 Å². The van der Waals surface area contributed by atoms with Crippen molar-refractivity contribution in [3.05, 3.63) is 39.2 Å². The van der Waals surface area contributed by atoms with E-state index in [1.54, 1.807) is 13.1 Å². The molecule has 106 valence electrons. The third-order valence-corrected chi connectivity index (χ3v) is 3.25. The number of rotatable bonds is 2. The normalized spacial score (nSPS) is 11.7. The second-order valence-electron chi connectivity index (χ2n) is 5.56. The fourth-order valence-electron chi connectivity index (χ4n) is 1.89. The molecule has 6 nitrogen and oxygen atoms in total. The Balaban J connectivity index is 2.72. The highest BCUT2D eigenvalue weighted by Crippen LogP contribution is 2.28. The Kier molecular flexibility index (Phi) is 3.52. The SMILES string of the molecule is Cn1cc(C=O)n(-c2cc(C(C)(C)C)c(Cl)nn2)c1=O. The van der Waals surface area contributed by atoms with E-state index in [0.29, 0.717) is 6.29 Å². The number of aromatic nitrogens is 4. The Labute approximate surface area is 121 Å². The molecule has 0 aliphatic heterocycles. The van der Waals surface area contributed by atoms with E-state index in [1.165, 1.54) is 15.3 Å².